The Bertz CT molecular complexity index is 1140. The van der Waals surface area contributed by atoms with Crippen LogP contribution in [0.4, 0.5) is 0 Å². The second-order valence-corrected chi connectivity index (χ2v) is 15.3. The number of imidazole rings is 1. The zero-order valence-electron chi connectivity index (χ0n) is 31.8. The molecule has 268 valence electrons. The molecule has 2 atom stereocenters. The van der Waals surface area contributed by atoms with E-state index in [4.69, 9.17) is 0 Å². The van der Waals surface area contributed by atoms with Crippen molar-refractivity contribution < 1.29 is 4.57 Å². The molecule has 3 aromatic rings. The third kappa shape index (κ3) is 15.5. The monoisotopic (exact) mass is 656 g/mol. The van der Waals surface area contributed by atoms with Crippen molar-refractivity contribution in [3.63, 3.8) is 0 Å². The molecule has 0 saturated heterocycles. The van der Waals surface area contributed by atoms with Crippen molar-refractivity contribution in [1.29, 1.82) is 0 Å². The number of hydrogen-bond acceptors (Lipinski definition) is 0. The Labute approximate surface area is 297 Å². The summed E-state index contributed by atoms with van der Waals surface area (Å²) in [4.78, 5) is 3.80. The molecule has 0 fully saturated rings. The Balaban J connectivity index is 1.51. The molecule has 2 unspecified atom stereocenters. The largest absolute Gasteiger partial charge is 0.258 e. The van der Waals surface area contributed by atoms with Crippen LogP contribution in [0.5, 0.6) is 0 Å². The Morgan fingerprint density at radius 2 is 0.979 bits per heavy atom. The van der Waals surface area contributed by atoms with E-state index in [0.717, 1.165) is 13.0 Å². The summed E-state index contributed by atoms with van der Waals surface area (Å²) in [6.07, 6.45) is 39.0. The van der Waals surface area contributed by atoms with Crippen LogP contribution in [0.15, 0.2) is 73.1 Å². The summed E-state index contributed by atoms with van der Waals surface area (Å²) in [5.74, 6) is 1.87. The van der Waals surface area contributed by atoms with Gasteiger partial charge < -0.3 is 0 Å². The number of aromatic amines is 1. The average molecular weight is 656 g/mol. The molecule has 0 spiro atoms. The molecule has 3 rings (SSSR count). The number of H-pyrrole nitrogens is 1. The molecule has 0 aliphatic heterocycles. The summed E-state index contributed by atoms with van der Waals surface area (Å²) in [5.41, 5.74) is 2.90. The molecule has 0 saturated carbocycles. The van der Waals surface area contributed by atoms with Crippen molar-refractivity contribution in [1.82, 2.24) is 4.98 Å². The lowest BCUT2D eigenvalue weighted by atomic mass is 9.66. The molecule has 2 heteroatoms. The number of rotatable bonds is 30. The van der Waals surface area contributed by atoms with Crippen molar-refractivity contribution in [3.05, 3.63) is 90.0 Å². The molecule has 0 aliphatic carbocycles. The van der Waals surface area contributed by atoms with E-state index in [9.17, 15) is 0 Å². The molecule has 0 aliphatic rings. The Hall–Kier alpha value is -2.35. The van der Waals surface area contributed by atoms with E-state index >= 15 is 0 Å². The van der Waals surface area contributed by atoms with Gasteiger partial charge >= 0.3 is 0 Å². The van der Waals surface area contributed by atoms with Crippen molar-refractivity contribution >= 4 is 0 Å². The highest BCUT2D eigenvalue weighted by Crippen LogP contribution is 2.43. The fraction of sp³-hybridized carbons (Fsp3) is 0.674. The maximum Gasteiger partial charge on any atom is 0.258 e. The summed E-state index contributed by atoms with van der Waals surface area (Å²) < 4.78 is 2.59. The first-order valence-electron chi connectivity index (χ1n) is 20.8. The quantitative estimate of drug-likeness (QED) is 0.0545. The van der Waals surface area contributed by atoms with Gasteiger partial charge in [-0.1, -0.05) is 216 Å². The molecule has 0 radical (unpaired) electrons. The first-order valence-corrected chi connectivity index (χ1v) is 20.8. The van der Waals surface area contributed by atoms with Crippen molar-refractivity contribution in [2.24, 2.45) is 0 Å². The van der Waals surface area contributed by atoms with Crippen LogP contribution >= 0.6 is 0 Å². The van der Waals surface area contributed by atoms with E-state index < -0.39 is 0 Å². The minimum Gasteiger partial charge on any atom is -0.247 e. The van der Waals surface area contributed by atoms with Crippen LogP contribution in [0.2, 0.25) is 0 Å². The van der Waals surface area contributed by atoms with Gasteiger partial charge in [0.2, 0.25) is 0 Å². The van der Waals surface area contributed by atoms with Crippen LogP contribution in [0, 0.1) is 0 Å². The first kappa shape index (κ1) is 40.1. The fourth-order valence-electron chi connectivity index (χ4n) is 8.03. The number of aromatic nitrogens is 2. The van der Waals surface area contributed by atoms with Gasteiger partial charge in [-0.15, -0.1) is 0 Å². The normalized spacial score (nSPS) is 13.5. The summed E-state index contributed by atoms with van der Waals surface area (Å²) in [6, 6.07) is 22.6. The van der Waals surface area contributed by atoms with Gasteiger partial charge in [0.25, 0.3) is 5.82 Å². The Kier molecular flexibility index (Phi) is 21.4. The molecular weight excluding hydrogens is 581 g/mol. The second-order valence-electron chi connectivity index (χ2n) is 15.3. The molecule has 1 N–H and O–H groups in total. The van der Waals surface area contributed by atoms with Crippen molar-refractivity contribution in [2.75, 3.05) is 0 Å². The number of unbranched alkanes of at least 4 members (excludes halogenated alkanes) is 21. The van der Waals surface area contributed by atoms with Gasteiger partial charge in [0.1, 0.15) is 12.4 Å². The van der Waals surface area contributed by atoms with E-state index in [-0.39, 0.29) is 5.41 Å². The molecule has 0 bridgehead atoms. The molecule has 1 aromatic heterocycles. The third-order valence-corrected chi connectivity index (χ3v) is 11.1. The molecule has 2 aromatic carbocycles. The number of hydrogen-bond donors (Lipinski definition) is 1. The number of aryl methyl sites for hydroxylation is 1. The molecule has 48 heavy (non-hydrogen) atoms. The van der Waals surface area contributed by atoms with Crippen molar-refractivity contribution in [2.45, 2.75) is 199 Å². The summed E-state index contributed by atoms with van der Waals surface area (Å²) in [5, 5.41) is 0. The third-order valence-electron chi connectivity index (χ3n) is 11.1. The molecule has 2 nitrogen and oxygen atoms in total. The van der Waals surface area contributed by atoms with Gasteiger partial charge in [-0.05, 0) is 36.8 Å². The standard InChI is InChI=1S/C46H74N2/c1-4-6-8-10-12-13-14-15-16-17-18-19-20-22-24-32-39-48-40-38-47-45(48)44(37-31-23-21-11-9-7-5-2)46(3,43-35-29-26-30-36-43)41-42-33-27-25-28-34-42/h25-30,33-36,38,40,44H,4-24,31-32,37,39,41H2,1-3H3/p+1. The van der Waals surface area contributed by atoms with Gasteiger partial charge in [0.15, 0.2) is 0 Å². The average Bonchev–Trinajstić information content (AvgIpc) is 3.58. The minimum absolute atomic E-state index is 0.00601. The molecule has 0 amide bonds. The van der Waals surface area contributed by atoms with E-state index in [2.05, 4.69) is 103 Å². The summed E-state index contributed by atoms with van der Waals surface area (Å²) >= 11 is 0. The van der Waals surface area contributed by atoms with Crippen LogP contribution in [0.1, 0.15) is 198 Å². The molecular formula is C46H75N2+. The lowest BCUT2D eigenvalue weighted by Gasteiger charge is -2.37. The summed E-state index contributed by atoms with van der Waals surface area (Å²) in [6.45, 7) is 8.29. The van der Waals surface area contributed by atoms with E-state index in [1.807, 2.05) is 0 Å². The van der Waals surface area contributed by atoms with Gasteiger partial charge in [-0.25, -0.2) is 9.55 Å². The van der Waals surface area contributed by atoms with Gasteiger partial charge in [-0.3, -0.25) is 0 Å². The van der Waals surface area contributed by atoms with Gasteiger partial charge in [0, 0.05) is 5.41 Å². The van der Waals surface area contributed by atoms with Gasteiger partial charge in [-0.2, -0.15) is 0 Å². The maximum atomic E-state index is 3.80. The number of benzene rings is 2. The Morgan fingerprint density at radius 1 is 0.542 bits per heavy atom. The van der Waals surface area contributed by atoms with E-state index in [1.165, 1.54) is 171 Å². The lowest BCUT2D eigenvalue weighted by molar-refractivity contribution is -0.705. The lowest BCUT2D eigenvalue weighted by Crippen LogP contribution is -2.43. The zero-order chi connectivity index (χ0) is 34.0. The first-order chi connectivity index (χ1) is 23.7. The maximum absolute atomic E-state index is 3.80. The zero-order valence-corrected chi connectivity index (χ0v) is 31.8. The van der Waals surface area contributed by atoms with E-state index in [0.29, 0.717) is 5.92 Å². The number of nitrogens with zero attached hydrogens (tertiary/aromatic N) is 1. The SMILES string of the molecule is CCCCCCCCCCCCCCCCCC[n+]1cc[nH]c1C(CCCCCCCCC)C(C)(Cc1ccccc1)c1ccccc1. The Morgan fingerprint density at radius 3 is 1.48 bits per heavy atom. The van der Waals surface area contributed by atoms with Crippen LogP contribution in [-0.4, -0.2) is 4.98 Å². The fourth-order valence-corrected chi connectivity index (χ4v) is 8.03. The smallest absolute Gasteiger partial charge is 0.247 e. The van der Waals surface area contributed by atoms with Crippen LogP contribution in [0.3, 0.4) is 0 Å². The van der Waals surface area contributed by atoms with Crippen LogP contribution in [0.25, 0.3) is 0 Å². The highest BCUT2D eigenvalue weighted by molar-refractivity contribution is 5.32. The molecule has 1 heterocycles. The predicted molar refractivity (Wildman–Crippen MR) is 210 cm³/mol. The van der Waals surface area contributed by atoms with Crippen molar-refractivity contribution in [3.8, 4) is 0 Å². The summed E-state index contributed by atoms with van der Waals surface area (Å²) in [7, 11) is 0. The van der Waals surface area contributed by atoms with Gasteiger partial charge in [0.05, 0.1) is 12.5 Å². The minimum atomic E-state index is 0.00601. The highest BCUT2D eigenvalue weighted by atomic mass is 15.1. The van der Waals surface area contributed by atoms with Crippen LogP contribution < -0.4 is 4.57 Å². The van der Waals surface area contributed by atoms with Crippen LogP contribution in [-0.2, 0) is 18.4 Å². The topological polar surface area (TPSA) is 19.7 Å². The number of nitrogens with one attached hydrogen (secondary N) is 1. The highest BCUT2D eigenvalue weighted by Gasteiger charge is 2.41. The van der Waals surface area contributed by atoms with E-state index in [1.54, 1.807) is 0 Å². The predicted octanol–water partition coefficient (Wildman–Crippen LogP) is 14.0. The second kappa shape index (κ2) is 25.6.